The highest BCUT2D eigenvalue weighted by molar-refractivity contribution is 5.40. The van der Waals surface area contributed by atoms with Gasteiger partial charge in [-0.1, -0.05) is 12.1 Å². The maximum absolute atomic E-state index is 14.5. The Morgan fingerprint density at radius 1 is 1.07 bits per heavy atom. The molecule has 1 unspecified atom stereocenters. The van der Waals surface area contributed by atoms with E-state index in [-0.39, 0.29) is 17.2 Å². The molecule has 0 bridgehead atoms. The number of fused-ring (bicyclic) bond motifs is 1. The smallest absolute Gasteiger partial charge is 0.406 e. The second kappa shape index (κ2) is 7.71. The Hall–Kier alpha value is -2.37. The van der Waals surface area contributed by atoms with Gasteiger partial charge in [-0.2, -0.15) is 0 Å². The van der Waals surface area contributed by atoms with Crippen LogP contribution in [0.15, 0.2) is 43.0 Å². The van der Waals surface area contributed by atoms with Gasteiger partial charge in [-0.15, -0.1) is 19.8 Å². The van der Waals surface area contributed by atoms with E-state index in [9.17, 15) is 22.0 Å². The van der Waals surface area contributed by atoms with E-state index in [0.29, 0.717) is 37.7 Å². The second-order valence-electron chi connectivity index (χ2n) is 6.72. The normalized spacial score (nSPS) is 16.7. The van der Waals surface area contributed by atoms with Gasteiger partial charge in [-0.25, -0.2) is 8.78 Å². The summed E-state index contributed by atoms with van der Waals surface area (Å²) in [5, 5.41) is 0. The van der Waals surface area contributed by atoms with E-state index in [0.717, 1.165) is 11.1 Å². The van der Waals surface area contributed by atoms with Gasteiger partial charge in [0, 0.05) is 5.56 Å². The van der Waals surface area contributed by atoms with E-state index in [2.05, 4.69) is 11.3 Å². The van der Waals surface area contributed by atoms with Crippen LogP contribution in [0, 0.1) is 11.6 Å². The Labute approximate surface area is 154 Å². The SMILES string of the molecule is C=CCCc1cc(F)c(C2CCc3cc(OC(F)(F)F)ccc3C2)c(F)c1. The summed E-state index contributed by atoms with van der Waals surface area (Å²) in [6, 6.07) is 6.84. The maximum atomic E-state index is 14.5. The molecule has 0 aliphatic heterocycles. The molecule has 6 heteroatoms. The van der Waals surface area contributed by atoms with Gasteiger partial charge in [0.25, 0.3) is 0 Å². The highest BCUT2D eigenvalue weighted by atomic mass is 19.4. The Balaban J connectivity index is 1.81. The van der Waals surface area contributed by atoms with Gasteiger partial charge >= 0.3 is 6.36 Å². The van der Waals surface area contributed by atoms with Gasteiger partial charge in [0.15, 0.2) is 0 Å². The summed E-state index contributed by atoms with van der Waals surface area (Å²) in [5.41, 5.74) is 2.14. The van der Waals surface area contributed by atoms with Crippen LogP contribution in [0.5, 0.6) is 5.75 Å². The van der Waals surface area contributed by atoms with Crippen molar-refractivity contribution in [2.24, 2.45) is 0 Å². The fourth-order valence-corrected chi connectivity index (χ4v) is 3.61. The predicted octanol–water partition coefficient (Wildman–Crippen LogP) is 6.25. The predicted molar refractivity (Wildman–Crippen MR) is 92.8 cm³/mol. The van der Waals surface area contributed by atoms with Crippen LogP contribution in [-0.4, -0.2) is 6.36 Å². The summed E-state index contributed by atoms with van der Waals surface area (Å²) >= 11 is 0. The van der Waals surface area contributed by atoms with Crippen LogP contribution >= 0.6 is 0 Å². The fourth-order valence-electron chi connectivity index (χ4n) is 3.61. The van der Waals surface area contributed by atoms with Gasteiger partial charge < -0.3 is 4.74 Å². The average molecular weight is 382 g/mol. The number of alkyl halides is 3. The van der Waals surface area contributed by atoms with E-state index in [1.54, 1.807) is 6.08 Å². The van der Waals surface area contributed by atoms with Crippen molar-refractivity contribution in [3.8, 4) is 5.75 Å². The molecule has 0 fully saturated rings. The molecule has 1 aliphatic carbocycles. The third-order valence-corrected chi connectivity index (χ3v) is 4.82. The lowest BCUT2D eigenvalue weighted by Crippen LogP contribution is -2.19. The highest BCUT2D eigenvalue weighted by Crippen LogP contribution is 2.37. The molecule has 144 valence electrons. The summed E-state index contributed by atoms with van der Waals surface area (Å²) in [6.07, 6.45) is -0.621. The van der Waals surface area contributed by atoms with Gasteiger partial charge in [-0.3, -0.25) is 0 Å². The zero-order chi connectivity index (χ0) is 19.6. The van der Waals surface area contributed by atoms with Crippen LogP contribution < -0.4 is 4.74 Å². The Morgan fingerprint density at radius 3 is 2.41 bits per heavy atom. The van der Waals surface area contributed by atoms with Crippen LogP contribution in [0.2, 0.25) is 0 Å². The van der Waals surface area contributed by atoms with E-state index >= 15 is 0 Å². The molecule has 0 radical (unpaired) electrons. The standard InChI is InChI=1S/C21H19F5O/c1-2-3-4-13-9-18(22)20(19(23)10-13)16-6-5-15-12-17(27-21(24,25)26)8-7-14(15)11-16/h2,7-10,12,16H,1,3-6,11H2. The van der Waals surface area contributed by atoms with Crippen LogP contribution in [-0.2, 0) is 19.3 Å². The molecular weight excluding hydrogens is 363 g/mol. The van der Waals surface area contributed by atoms with Crippen molar-refractivity contribution in [1.82, 2.24) is 0 Å². The molecule has 0 saturated heterocycles. The molecule has 0 N–H and O–H groups in total. The van der Waals surface area contributed by atoms with Crippen molar-refractivity contribution in [1.29, 1.82) is 0 Å². The second-order valence-corrected chi connectivity index (χ2v) is 6.72. The first-order valence-electron chi connectivity index (χ1n) is 8.73. The summed E-state index contributed by atoms with van der Waals surface area (Å²) in [5.74, 6) is -1.76. The molecule has 0 amide bonds. The monoisotopic (exact) mass is 382 g/mol. The minimum Gasteiger partial charge on any atom is -0.406 e. The molecule has 0 heterocycles. The minimum absolute atomic E-state index is 0.0543. The summed E-state index contributed by atoms with van der Waals surface area (Å²) in [6.45, 7) is 3.60. The topological polar surface area (TPSA) is 9.23 Å². The lowest BCUT2D eigenvalue weighted by atomic mass is 9.79. The van der Waals surface area contributed by atoms with Gasteiger partial charge in [0.2, 0.25) is 0 Å². The van der Waals surface area contributed by atoms with Crippen molar-refractivity contribution >= 4 is 0 Å². The molecule has 0 aromatic heterocycles. The summed E-state index contributed by atoms with van der Waals surface area (Å²) in [7, 11) is 0. The van der Waals surface area contributed by atoms with Crippen molar-refractivity contribution in [2.75, 3.05) is 0 Å². The van der Waals surface area contributed by atoms with Crippen LogP contribution in [0.1, 0.15) is 41.0 Å². The van der Waals surface area contributed by atoms with Crippen molar-refractivity contribution in [2.45, 2.75) is 44.4 Å². The molecule has 1 atom stereocenters. The van der Waals surface area contributed by atoms with Crippen LogP contribution in [0.3, 0.4) is 0 Å². The summed E-state index contributed by atoms with van der Waals surface area (Å²) in [4.78, 5) is 0. The number of allylic oxidation sites excluding steroid dienone is 1. The molecule has 0 spiro atoms. The Bertz CT molecular complexity index is 818. The molecule has 2 aromatic rings. The Kier molecular flexibility index (Phi) is 5.53. The maximum Gasteiger partial charge on any atom is 0.573 e. The third-order valence-electron chi connectivity index (χ3n) is 4.82. The lowest BCUT2D eigenvalue weighted by molar-refractivity contribution is -0.274. The number of benzene rings is 2. The Morgan fingerprint density at radius 2 is 1.78 bits per heavy atom. The number of hydrogen-bond acceptors (Lipinski definition) is 1. The number of ether oxygens (including phenoxy) is 1. The van der Waals surface area contributed by atoms with Gasteiger partial charge in [0.1, 0.15) is 17.4 Å². The zero-order valence-corrected chi connectivity index (χ0v) is 14.6. The minimum atomic E-state index is -4.74. The van der Waals surface area contributed by atoms with Crippen molar-refractivity contribution < 1.29 is 26.7 Å². The van der Waals surface area contributed by atoms with Crippen molar-refractivity contribution in [3.63, 3.8) is 0 Å². The molecule has 1 aliphatic rings. The molecular formula is C21H19F5O. The van der Waals surface area contributed by atoms with E-state index < -0.39 is 18.0 Å². The largest absolute Gasteiger partial charge is 0.573 e. The number of rotatable bonds is 5. The molecule has 0 saturated carbocycles. The van der Waals surface area contributed by atoms with Crippen LogP contribution in [0.25, 0.3) is 0 Å². The third kappa shape index (κ3) is 4.67. The first-order chi connectivity index (χ1) is 12.8. The fraction of sp³-hybridized carbons (Fsp3) is 0.333. The molecule has 3 rings (SSSR count). The quantitative estimate of drug-likeness (QED) is 0.438. The van der Waals surface area contributed by atoms with Crippen molar-refractivity contribution in [3.05, 3.63) is 76.9 Å². The number of aryl methyl sites for hydroxylation is 2. The first-order valence-corrected chi connectivity index (χ1v) is 8.73. The van der Waals surface area contributed by atoms with E-state index in [4.69, 9.17) is 0 Å². The summed E-state index contributed by atoms with van der Waals surface area (Å²) < 4.78 is 70.0. The van der Waals surface area contributed by atoms with E-state index in [1.807, 2.05) is 0 Å². The van der Waals surface area contributed by atoms with E-state index in [1.165, 1.54) is 30.3 Å². The molecule has 2 aromatic carbocycles. The molecule has 27 heavy (non-hydrogen) atoms. The number of hydrogen-bond donors (Lipinski definition) is 0. The number of halogens is 5. The van der Waals surface area contributed by atoms with Gasteiger partial charge in [0.05, 0.1) is 0 Å². The lowest BCUT2D eigenvalue weighted by Gasteiger charge is -2.26. The molecule has 1 nitrogen and oxygen atoms in total. The van der Waals surface area contributed by atoms with Crippen LogP contribution in [0.4, 0.5) is 22.0 Å². The first kappa shape index (κ1) is 19.4. The zero-order valence-electron chi connectivity index (χ0n) is 14.6. The van der Waals surface area contributed by atoms with Gasteiger partial charge in [-0.05, 0) is 79.0 Å². The highest BCUT2D eigenvalue weighted by Gasteiger charge is 2.32. The average Bonchev–Trinajstić information content (AvgIpc) is 2.58.